The molecule has 1 aromatic carbocycles. The molecule has 0 amide bonds. The number of hydrogen-bond donors (Lipinski definition) is 1. The predicted molar refractivity (Wildman–Crippen MR) is 68.8 cm³/mol. The molecule has 2 aliphatic carbocycles. The molecule has 0 unspecified atom stereocenters. The average molecular weight is 244 g/mol. The largest absolute Gasteiger partial charge is 0.504 e. The van der Waals surface area contributed by atoms with Gasteiger partial charge in [-0.2, -0.15) is 0 Å². The van der Waals surface area contributed by atoms with Gasteiger partial charge in [-0.1, -0.05) is 0 Å². The van der Waals surface area contributed by atoms with Crippen LogP contribution in [0.25, 0.3) is 5.57 Å². The summed E-state index contributed by atoms with van der Waals surface area (Å²) in [5, 5.41) is 9.84. The molecule has 3 nitrogen and oxygen atoms in total. The molecule has 3 heteroatoms. The van der Waals surface area contributed by atoms with Gasteiger partial charge in [-0.05, 0) is 60.1 Å². The summed E-state index contributed by atoms with van der Waals surface area (Å²) in [5.41, 5.74) is 4.34. The number of allylic oxidation sites excluding steroid dienone is 2. The van der Waals surface area contributed by atoms with Gasteiger partial charge < -0.3 is 9.84 Å². The summed E-state index contributed by atoms with van der Waals surface area (Å²) < 4.78 is 5.17. The lowest BCUT2D eigenvalue weighted by Gasteiger charge is -2.12. The number of fused-ring (bicyclic) bond motifs is 2. The number of aromatic hydroxyl groups is 1. The van der Waals surface area contributed by atoms with Crippen LogP contribution < -0.4 is 4.74 Å². The van der Waals surface area contributed by atoms with Gasteiger partial charge in [-0.3, -0.25) is 4.79 Å². The van der Waals surface area contributed by atoms with Crippen molar-refractivity contribution in [1.82, 2.24) is 0 Å². The molecule has 0 heterocycles. The number of carbonyl (C=O) groups is 1. The molecule has 0 aliphatic heterocycles. The summed E-state index contributed by atoms with van der Waals surface area (Å²) in [7, 11) is 1.55. The van der Waals surface area contributed by atoms with Crippen molar-refractivity contribution < 1.29 is 14.6 Å². The lowest BCUT2D eigenvalue weighted by molar-refractivity contribution is -0.115. The topological polar surface area (TPSA) is 46.5 Å². The number of Topliss-reactive ketones (excluding diaryl/α,β-unsaturated/α-hetero) is 1. The summed E-state index contributed by atoms with van der Waals surface area (Å²) in [5.74, 6) is 0.921. The number of benzene rings is 1. The Bertz CT molecular complexity index is 555. The highest BCUT2D eigenvalue weighted by Gasteiger charge is 2.27. The van der Waals surface area contributed by atoms with E-state index < -0.39 is 0 Å². The van der Waals surface area contributed by atoms with E-state index >= 15 is 0 Å². The summed E-state index contributed by atoms with van der Waals surface area (Å²) in [6.45, 7) is 0. The molecule has 0 fully saturated rings. The summed E-state index contributed by atoms with van der Waals surface area (Å²) >= 11 is 0. The number of rotatable bonds is 1. The third-order valence-corrected chi connectivity index (χ3v) is 3.91. The Labute approximate surface area is 106 Å². The second-order valence-corrected chi connectivity index (χ2v) is 4.92. The Balaban J connectivity index is 2.21. The zero-order valence-corrected chi connectivity index (χ0v) is 10.5. The summed E-state index contributed by atoms with van der Waals surface area (Å²) in [6.07, 6.45) is 4.17. The van der Waals surface area contributed by atoms with Gasteiger partial charge in [0.25, 0.3) is 0 Å². The molecule has 1 N–H and O–H groups in total. The van der Waals surface area contributed by atoms with E-state index in [0.717, 1.165) is 36.0 Å². The van der Waals surface area contributed by atoms with Crippen molar-refractivity contribution in [2.75, 3.05) is 7.11 Å². The van der Waals surface area contributed by atoms with Crippen LogP contribution in [0.3, 0.4) is 0 Å². The number of ketones is 1. The zero-order valence-electron chi connectivity index (χ0n) is 10.5. The minimum absolute atomic E-state index is 0.158. The minimum atomic E-state index is 0.158. The Hall–Kier alpha value is -1.77. The maximum absolute atomic E-state index is 12.1. The minimum Gasteiger partial charge on any atom is -0.504 e. The van der Waals surface area contributed by atoms with E-state index in [9.17, 15) is 9.90 Å². The van der Waals surface area contributed by atoms with Crippen LogP contribution in [0, 0.1) is 0 Å². The van der Waals surface area contributed by atoms with E-state index in [1.54, 1.807) is 13.2 Å². The van der Waals surface area contributed by atoms with Gasteiger partial charge in [-0.15, -0.1) is 0 Å². The van der Waals surface area contributed by atoms with Crippen LogP contribution in [-0.4, -0.2) is 18.0 Å². The number of hydrogen-bond acceptors (Lipinski definition) is 3. The molecule has 0 radical (unpaired) electrons. The highest BCUT2D eigenvalue weighted by Crippen LogP contribution is 2.42. The number of methoxy groups -OCH3 is 1. The van der Waals surface area contributed by atoms with Gasteiger partial charge in [0.15, 0.2) is 17.3 Å². The standard InChI is InChI=1S/C15H16O3/c1-18-15-8-12-9(7-14(15)17)5-6-13(16)11-4-2-3-10(11)12/h7-8,17H,2-6H2,1H3. The van der Waals surface area contributed by atoms with Gasteiger partial charge in [0.2, 0.25) is 0 Å². The smallest absolute Gasteiger partial charge is 0.161 e. The van der Waals surface area contributed by atoms with Crippen molar-refractivity contribution in [2.45, 2.75) is 32.1 Å². The molecule has 0 saturated heterocycles. The first-order chi connectivity index (χ1) is 8.70. The van der Waals surface area contributed by atoms with Crippen molar-refractivity contribution in [3.63, 3.8) is 0 Å². The Morgan fingerprint density at radius 3 is 2.67 bits per heavy atom. The Morgan fingerprint density at radius 1 is 1.11 bits per heavy atom. The Morgan fingerprint density at radius 2 is 1.89 bits per heavy atom. The molecule has 18 heavy (non-hydrogen) atoms. The molecular weight excluding hydrogens is 228 g/mol. The van der Waals surface area contributed by atoms with Crippen LogP contribution in [0.1, 0.15) is 36.8 Å². The van der Waals surface area contributed by atoms with Crippen molar-refractivity contribution in [3.05, 3.63) is 28.8 Å². The lowest BCUT2D eigenvalue weighted by Crippen LogP contribution is -2.00. The van der Waals surface area contributed by atoms with Gasteiger partial charge in [0.1, 0.15) is 0 Å². The Kier molecular flexibility index (Phi) is 2.62. The van der Waals surface area contributed by atoms with E-state index in [0.29, 0.717) is 18.6 Å². The van der Waals surface area contributed by atoms with E-state index in [1.807, 2.05) is 6.07 Å². The number of phenolic OH excluding ortho intramolecular Hbond substituents is 1. The molecule has 0 saturated carbocycles. The van der Waals surface area contributed by atoms with Crippen LogP contribution in [0.15, 0.2) is 17.7 Å². The second-order valence-electron chi connectivity index (χ2n) is 4.92. The molecule has 0 bridgehead atoms. The molecule has 2 aliphatic rings. The normalized spacial score (nSPS) is 18.4. The van der Waals surface area contributed by atoms with E-state index in [-0.39, 0.29) is 11.5 Å². The highest BCUT2D eigenvalue weighted by atomic mass is 16.5. The second kappa shape index (κ2) is 4.16. The maximum Gasteiger partial charge on any atom is 0.161 e. The fraction of sp³-hybridized carbons (Fsp3) is 0.400. The van der Waals surface area contributed by atoms with Gasteiger partial charge >= 0.3 is 0 Å². The van der Waals surface area contributed by atoms with Crippen molar-refractivity contribution in [1.29, 1.82) is 0 Å². The lowest BCUT2D eigenvalue weighted by atomic mass is 9.96. The maximum atomic E-state index is 12.1. The summed E-state index contributed by atoms with van der Waals surface area (Å²) in [4.78, 5) is 12.1. The predicted octanol–water partition coefficient (Wildman–Crippen LogP) is 2.85. The first kappa shape index (κ1) is 11.3. The van der Waals surface area contributed by atoms with Crippen LogP contribution >= 0.6 is 0 Å². The van der Waals surface area contributed by atoms with Crippen LogP contribution in [-0.2, 0) is 11.2 Å². The first-order valence-electron chi connectivity index (χ1n) is 6.36. The van der Waals surface area contributed by atoms with Crippen molar-refractivity contribution >= 4 is 11.4 Å². The molecule has 94 valence electrons. The third-order valence-electron chi connectivity index (χ3n) is 3.91. The molecule has 3 rings (SSSR count). The third kappa shape index (κ3) is 1.62. The van der Waals surface area contributed by atoms with Gasteiger partial charge in [0, 0.05) is 6.42 Å². The average Bonchev–Trinajstić information content (AvgIpc) is 2.81. The monoisotopic (exact) mass is 244 g/mol. The molecule has 1 aromatic rings. The first-order valence-corrected chi connectivity index (χ1v) is 6.36. The van der Waals surface area contributed by atoms with Crippen LogP contribution in [0.2, 0.25) is 0 Å². The fourth-order valence-corrected chi connectivity index (χ4v) is 3.01. The van der Waals surface area contributed by atoms with E-state index in [2.05, 4.69) is 0 Å². The van der Waals surface area contributed by atoms with Gasteiger partial charge in [0.05, 0.1) is 7.11 Å². The quantitative estimate of drug-likeness (QED) is 0.826. The van der Waals surface area contributed by atoms with Crippen LogP contribution in [0.4, 0.5) is 0 Å². The van der Waals surface area contributed by atoms with Crippen LogP contribution in [0.5, 0.6) is 11.5 Å². The van der Waals surface area contributed by atoms with E-state index in [1.165, 1.54) is 5.57 Å². The summed E-state index contributed by atoms with van der Waals surface area (Å²) in [6, 6.07) is 3.62. The number of ether oxygens (including phenoxy) is 1. The van der Waals surface area contributed by atoms with E-state index in [4.69, 9.17) is 4.74 Å². The number of carbonyl (C=O) groups excluding carboxylic acids is 1. The van der Waals surface area contributed by atoms with Crippen molar-refractivity contribution in [3.8, 4) is 11.5 Å². The molecule has 0 spiro atoms. The molecular formula is C15H16O3. The molecule has 0 atom stereocenters. The molecule has 0 aromatic heterocycles. The number of phenols is 1. The van der Waals surface area contributed by atoms with Crippen molar-refractivity contribution in [2.24, 2.45) is 0 Å². The highest BCUT2D eigenvalue weighted by molar-refractivity contribution is 6.05. The SMILES string of the molecule is COc1cc2c(cc1O)CCC(=O)C1=C2CCC1. The van der Waals surface area contributed by atoms with Gasteiger partial charge in [-0.25, -0.2) is 0 Å². The number of aryl methyl sites for hydroxylation is 1. The zero-order chi connectivity index (χ0) is 12.7. The fourth-order valence-electron chi connectivity index (χ4n) is 3.01.